The van der Waals surface area contributed by atoms with Crippen LogP contribution in [0.5, 0.6) is 0 Å². The second-order valence-corrected chi connectivity index (χ2v) is 27.8. The summed E-state index contributed by atoms with van der Waals surface area (Å²) < 4.78 is 5.48. The Hall–Kier alpha value is -1.92. The van der Waals surface area contributed by atoms with E-state index in [0.717, 1.165) is 44.9 Å². The van der Waals surface area contributed by atoms with Crippen molar-refractivity contribution in [3.8, 4) is 0 Å². The molecule has 0 aromatic carbocycles. The predicted octanol–water partition coefficient (Wildman–Crippen LogP) is 26.6. The standard InChI is InChI=1S/C82H157NO5/c1-3-5-7-9-11-13-15-17-18-19-20-21-22-36-39-42-45-48-51-54-58-62-66-70-74-80(85)79(78-84)83-81(86)75-71-67-63-59-55-52-49-46-43-40-37-34-32-30-28-26-24-23-25-27-29-31-33-35-38-41-44-47-50-53-57-61-65-69-73-77-88-82(87)76-72-68-64-60-56-16-14-12-10-8-6-4-2/h25,27,31,33,70,74,79-80,84-85H,3-24,26,28-30,32,34-69,71-73,75-78H2,1-2H3,(H,83,86)/b27-25-,33-31-,74-70+. The topological polar surface area (TPSA) is 95.9 Å². The van der Waals surface area contributed by atoms with Crippen molar-refractivity contribution >= 4 is 11.9 Å². The number of esters is 1. The van der Waals surface area contributed by atoms with E-state index in [4.69, 9.17) is 4.74 Å². The van der Waals surface area contributed by atoms with Crippen molar-refractivity contribution < 1.29 is 24.5 Å². The van der Waals surface area contributed by atoms with Crippen molar-refractivity contribution in [1.82, 2.24) is 5.32 Å². The lowest BCUT2D eigenvalue weighted by Gasteiger charge is -2.20. The lowest BCUT2D eigenvalue weighted by atomic mass is 10.0. The van der Waals surface area contributed by atoms with Crippen molar-refractivity contribution in [3.63, 3.8) is 0 Å². The van der Waals surface area contributed by atoms with Gasteiger partial charge >= 0.3 is 5.97 Å². The molecule has 6 heteroatoms. The monoisotopic (exact) mass is 1240 g/mol. The van der Waals surface area contributed by atoms with Gasteiger partial charge in [-0.2, -0.15) is 0 Å². The molecule has 0 bridgehead atoms. The van der Waals surface area contributed by atoms with Crippen LogP contribution in [-0.4, -0.2) is 47.4 Å². The minimum atomic E-state index is -0.845. The van der Waals surface area contributed by atoms with Gasteiger partial charge in [-0.1, -0.05) is 410 Å². The van der Waals surface area contributed by atoms with Gasteiger partial charge in [0, 0.05) is 12.8 Å². The first-order valence-electron chi connectivity index (χ1n) is 40.3. The van der Waals surface area contributed by atoms with Crippen LogP contribution in [0.1, 0.15) is 450 Å². The lowest BCUT2D eigenvalue weighted by Crippen LogP contribution is -2.45. The number of carbonyl (C=O) groups is 2. The van der Waals surface area contributed by atoms with Crippen LogP contribution in [0.3, 0.4) is 0 Å². The van der Waals surface area contributed by atoms with Gasteiger partial charge in [0.05, 0.1) is 25.4 Å². The van der Waals surface area contributed by atoms with Gasteiger partial charge in [-0.25, -0.2) is 0 Å². The zero-order valence-corrected chi connectivity index (χ0v) is 59.7. The van der Waals surface area contributed by atoms with Gasteiger partial charge in [0.2, 0.25) is 5.91 Å². The molecule has 1 amide bonds. The number of allylic oxidation sites excluding steroid dienone is 5. The van der Waals surface area contributed by atoms with Crippen molar-refractivity contribution in [2.45, 2.75) is 463 Å². The average Bonchev–Trinajstić information content (AvgIpc) is 3.54. The highest BCUT2D eigenvalue weighted by Gasteiger charge is 2.18. The van der Waals surface area contributed by atoms with E-state index < -0.39 is 12.1 Å². The Labute approximate surface area is 551 Å². The summed E-state index contributed by atoms with van der Waals surface area (Å²) in [5, 5.41) is 23.3. The molecule has 0 radical (unpaired) electrons. The molecule has 520 valence electrons. The molecule has 0 saturated carbocycles. The Morgan fingerprint density at radius 2 is 0.568 bits per heavy atom. The second-order valence-electron chi connectivity index (χ2n) is 27.8. The van der Waals surface area contributed by atoms with Crippen LogP contribution in [0, 0.1) is 0 Å². The summed E-state index contributed by atoms with van der Waals surface area (Å²) in [7, 11) is 0. The number of rotatable bonds is 76. The number of nitrogens with one attached hydrogen (secondary N) is 1. The first kappa shape index (κ1) is 86.1. The summed E-state index contributed by atoms with van der Waals surface area (Å²) in [5.74, 6) is -0.0426. The van der Waals surface area contributed by atoms with Crippen molar-refractivity contribution in [1.29, 1.82) is 0 Å². The highest BCUT2D eigenvalue weighted by Crippen LogP contribution is 2.20. The summed E-state index contributed by atoms with van der Waals surface area (Å²) in [6, 6.07) is -0.628. The zero-order chi connectivity index (χ0) is 63.5. The molecule has 6 nitrogen and oxygen atoms in total. The van der Waals surface area contributed by atoms with Crippen LogP contribution in [-0.2, 0) is 14.3 Å². The van der Waals surface area contributed by atoms with Crippen LogP contribution in [0.25, 0.3) is 0 Å². The van der Waals surface area contributed by atoms with Gasteiger partial charge in [-0.15, -0.1) is 0 Å². The fraction of sp³-hybridized carbons (Fsp3) is 0.902. The largest absolute Gasteiger partial charge is 0.466 e. The highest BCUT2D eigenvalue weighted by atomic mass is 16.5. The number of aliphatic hydroxyl groups excluding tert-OH is 2. The first-order chi connectivity index (χ1) is 43.5. The molecular formula is C82H157NO5. The highest BCUT2D eigenvalue weighted by molar-refractivity contribution is 5.76. The van der Waals surface area contributed by atoms with Crippen molar-refractivity contribution in [2.24, 2.45) is 0 Å². The van der Waals surface area contributed by atoms with Gasteiger partial charge < -0.3 is 20.3 Å². The minimum absolute atomic E-state index is 0.0179. The summed E-state index contributed by atoms with van der Waals surface area (Å²) >= 11 is 0. The third-order valence-corrected chi connectivity index (χ3v) is 18.9. The molecule has 3 N–H and O–H groups in total. The Bertz CT molecular complexity index is 1430. The predicted molar refractivity (Wildman–Crippen MR) is 389 cm³/mol. The quantitative estimate of drug-likeness (QED) is 0.0320. The van der Waals surface area contributed by atoms with E-state index in [1.807, 2.05) is 6.08 Å². The van der Waals surface area contributed by atoms with Gasteiger partial charge in [-0.05, 0) is 64.2 Å². The van der Waals surface area contributed by atoms with E-state index >= 15 is 0 Å². The molecule has 0 saturated heterocycles. The molecule has 0 aliphatic carbocycles. The third kappa shape index (κ3) is 73.1. The van der Waals surface area contributed by atoms with Crippen LogP contribution in [0.15, 0.2) is 36.5 Å². The molecule has 88 heavy (non-hydrogen) atoms. The summed E-state index contributed by atoms with van der Waals surface area (Å²) in [5.41, 5.74) is 0. The molecule has 0 fully saturated rings. The maximum absolute atomic E-state index is 12.6. The molecule has 2 unspecified atom stereocenters. The maximum atomic E-state index is 12.6. The van der Waals surface area contributed by atoms with Gasteiger partial charge in [0.1, 0.15) is 0 Å². The minimum Gasteiger partial charge on any atom is -0.466 e. The number of amides is 1. The van der Waals surface area contributed by atoms with E-state index in [0.29, 0.717) is 19.4 Å². The number of ether oxygens (including phenoxy) is 1. The normalized spacial score (nSPS) is 12.6. The fourth-order valence-electron chi connectivity index (χ4n) is 12.8. The second kappa shape index (κ2) is 77.5. The molecule has 0 rings (SSSR count). The molecule has 0 aromatic heterocycles. The van der Waals surface area contributed by atoms with E-state index in [1.54, 1.807) is 6.08 Å². The molecule has 0 aromatic rings. The van der Waals surface area contributed by atoms with E-state index in [-0.39, 0.29) is 18.5 Å². The molecule has 0 aliphatic rings. The first-order valence-corrected chi connectivity index (χ1v) is 40.3. The number of hydrogen-bond donors (Lipinski definition) is 3. The van der Waals surface area contributed by atoms with Crippen LogP contribution < -0.4 is 5.32 Å². The number of aliphatic hydroxyl groups is 2. The maximum Gasteiger partial charge on any atom is 0.305 e. The summed E-state index contributed by atoms with van der Waals surface area (Å²) in [6.45, 7) is 4.95. The zero-order valence-electron chi connectivity index (χ0n) is 59.7. The Morgan fingerprint density at radius 1 is 0.318 bits per heavy atom. The summed E-state index contributed by atoms with van der Waals surface area (Å²) in [6.07, 6.45) is 101. The van der Waals surface area contributed by atoms with Crippen LogP contribution in [0.2, 0.25) is 0 Å². The molecule has 0 spiro atoms. The van der Waals surface area contributed by atoms with Crippen molar-refractivity contribution in [3.05, 3.63) is 36.5 Å². The Balaban J connectivity index is 3.40. The Kier molecular flexibility index (Phi) is 75.8. The van der Waals surface area contributed by atoms with Crippen molar-refractivity contribution in [2.75, 3.05) is 13.2 Å². The van der Waals surface area contributed by atoms with Crippen LogP contribution in [0.4, 0.5) is 0 Å². The summed E-state index contributed by atoms with van der Waals surface area (Å²) in [4.78, 5) is 24.6. The van der Waals surface area contributed by atoms with E-state index in [9.17, 15) is 19.8 Å². The SMILES string of the molecule is CCCCCCCCCCCCCCCCCCCCCCCC/C=C/C(O)C(CO)NC(=O)CCCCCCCCCCCCCCCCCCC/C=C\C/C=C\CCCCCCCCCCCCCOC(=O)CCCCCCCCCCCCCC. The molecule has 2 atom stereocenters. The van der Waals surface area contributed by atoms with Crippen LogP contribution >= 0.6 is 0 Å². The molecule has 0 heterocycles. The van der Waals surface area contributed by atoms with E-state index in [1.165, 1.54) is 379 Å². The number of unbranched alkanes of at least 4 members (excludes halogenated alkanes) is 61. The Morgan fingerprint density at radius 3 is 0.864 bits per heavy atom. The van der Waals surface area contributed by atoms with Gasteiger partial charge in [-0.3, -0.25) is 9.59 Å². The number of hydrogen-bond acceptors (Lipinski definition) is 5. The molecular weight excluding hydrogens is 1080 g/mol. The fourth-order valence-corrected chi connectivity index (χ4v) is 12.8. The third-order valence-electron chi connectivity index (χ3n) is 18.9. The number of carbonyl (C=O) groups excluding carboxylic acids is 2. The smallest absolute Gasteiger partial charge is 0.305 e. The molecule has 0 aliphatic heterocycles. The lowest BCUT2D eigenvalue weighted by molar-refractivity contribution is -0.143. The van der Waals surface area contributed by atoms with Gasteiger partial charge in [0.15, 0.2) is 0 Å². The average molecular weight is 1240 g/mol. The van der Waals surface area contributed by atoms with E-state index in [2.05, 4.69) is 43.5 Å². The van der Waals surface area contributed by atoms with Gasteiger partial charge in [0.25, 0.3) is 0 Å².